The van der Waals surface area contributed by atoms with Crippen molar-refractivity contribution in [3.8, 4) is 0 Å². The first-order valence-electron chi connectivity index (χ1n) is 6.57. The van der Waals surface area contributed by atoms with E-state index in [4.69, 9.17) is 4.42 Å². The summed E-state index contributed by atoms with van der Waals surface area (Å²) in [6.45, 7) is 0. The van der Waals surface area contributed by atoms with Gasteiger partial charge in [0.2, 0.25) is 0 Å². The van der Waals surface area contributed by atoms with E-state index < -0.39 is 30.1 Å². The summed E-state index contributed by atoms with van der Waals surface area (Å²) >= 11 is -0.233. The van der Waals surface area contributed by atoms with Crippen molar-refractivity contribution >= 4 is 23.3 Å². The third-order valence-corrected chi connectivity index (χ3v) is 3.88. The molecule has 0 bridgehead atoms. The van der Waals surface area contributed by atoms with Crippen molar-refractivity contribution in [2.24, 2.45) is 0 Å². The first kappa shape index (κ1) is 16.8. The summed E-state index contributed by atoms with van der Waals surface area (Å²) in [7, 11) is 0. The second kappa shape index (κ2) is 6.10. The number of rotatable bonds is 4. The lowest BCUT2D eigenvalue weighted by Gasteiger charge is -2.13. The van der Waals surface area contributed by atoms with Gasteiger partial charge in [0, 0.05) is 23.3 Å². The third-order valence-electron chi connectivity index (χ3n) is 3.42. The van der Waals surface area contributed by atoms with Gasteiger partial charge in [0.15, 0.2) is 29.6 Å². The van der Waals surface area contributed by atoms with Gasteiger partial charge in [-0.3, -0.25) is 0 Å². The van der Waals surface area contributed by atoms with Crippen molar-refractivity contribution in [3.63, 3.8) is 0 Å². The van der Waals surface area contributed by atoms with Crippen LogP contribution in [-0.4, -0.2) is 20.2 Å². The van der Waals surface area contributed by atoms with Crippen LogP contribution in [0.3, 0.4) is 0 Å². The van der Waals surface area contributed by atoms with Crippen LogP contribution in [-0.2, 0) is 6.42 Å². The Morgan fingerprint density at radius 1 is 1.33 bits per heavy atom. The number of hydrogen-bond acceptors (Lipinski definition) is 4. The van der Waals surface area contributed by atoms with E-state index in [0.29, 0.717) is 0 Å². The smallest absolute Gasteiger partial charge is 0.393 e. The van der Waals surface area contributed by atoms with Crippen LogP contribution in [0.2, 0.25) is 0 Å². The molecule has 10 heteroatoms. The maximum absolute atomic E-state index is 13.8. The second-order valence-corrected chi connectivity index (χ2v) is 5.51. The molecular weight excluding hydrogens is 355 g/mol. The lowest BCUT2D eigenvalue weighted by molar-refractivity contribution is -0.127. The molecule has 4 nitrogen and oxygen atoms in total. The van der Waals surface area contributed by atoms with Crippen molar-refractivity contribution in [1.82, 2.24) is 8.96 Å². The minimum Gasteiger partial charge on any atom is -0.461 e. The van der Waals surface area contributed by atoms with Crippen molar-refractivity contribution < 1.29 is 31.0 Å². The van der Waals surface area contributed by atoms with Crippen LogP contribution < -0.4 is 0 Å². The largest absolute Gasteiger partial charge is 0.461 e. The van der Waals surface area contributed by atoms with Crippen molar-refractivity contribution in [2.75, 3.05) is 0 Å². The van der Waals surface area contributed by atoms with Crippen LogP contribution in [0.25, 0.3) is 11.0 Å². The minimum atomic E-state index is -4.54. The summed E-state index contributed by atoms with van der Waals surface area (Å²) in [5.74, 6) is -1.01. The Kier molecular flexibility index (Phi) is 4.26. The van der Waals surface area contributed by atoms with E-state index in [-0.39, 0.29) is 34.7 Å². The molecule has 1 atom stereocenters. The molecule has 0 radical (unpaired) electrons. The number of hydrogen-bond donors (Lipinski definition) is 1. The van der Waals surface area contributed by atoms with Gasteiger partial charge in [0.25, 0.3) is 0 Å². The molecule has 1 N–H and O–H groups in total. The maximum Gasteiger partial charge on any atom is 0.393 e. The van der Waals surface area contributed by atoms with Gasteiger partial charge in [-0.15, -0.1) is 3.89 Å². The average molecular weight is 364 g/mol. The molecule has 0 aliphatic rings. The molecule has 24 heavy (non-hydrogen) atoms. The average Bonchev–Trinajstić information content (AvgIpc) is 3.13. The van der Waals surface area contributed by atoms with E-state index in [1.54, 1.807) is 0 Å². The quantitative estimate of drug-likeness (QED) is 0.700. The number of nitrogens with zero attached hydrogens (tertiary/aromatic N) is 2. The second-order valence-electron chi connectivity index (χ2n) is 4.98. The summed E-state index contributed by atoms with van der Waals surface area (Å²) < 4.78 is 70.6. The normalized spacial score (nSPS) is 13.6. The topological polar surface area (TPSA) is 51.2 Å². The summed E-state index contributed by atoms with van der Waals surface area (Å²) in [6, 6.07) is 2.08. The van der Waals surface area contributed by atoms with E-state index in [2.05, 4.69) is 4.98 Å². The Labute approximate surface area is 136 Å². The SMILES string of the molecule is OC(c1ccc(F)c2occ(CC(F)(F)F)c12)c1nccn1SF. The Hall–Kier alpha value is -2.07. The number of aliphatic hydroxyl groups excluding tert-OH is 1. The first-order valence-corrected chi connectivity index (χ1v) is 7.25. The fourth-order valence-electron chi connectivity index (χ4n) is 2.47. The molecule has 3 aromatic rings. The number of benzene rings is 1. The number of alkyl halides is 3. The van der Waals surface area contributed by atoms with Crippen LogP contribution in [0.1, 0.15) is 23.1 Å². The zero-order valence-electron chi connectivity index (χ0n) is 11.7. The Balaban J connectivity index is 2.17. The van der Waals surface area contributed by atoms with Crippen molar-refractivity contribution in [1.29, 1.82) is 0 Å². The number of aromatic nitrogens is 2. The van der Waals surface area contributed by atoms with Crippen molar-refractivity contribution in [3.05, 3.63) is 53.6 Å². The Bertz CT molecular complexity index is 874. The molecule has 0 saturated carbocycles. The highest BCUT2D eigenvalue weighted by molar-refractivity contribution is 7.92. The summed E-state index contributed by atoms with van der Waals surface area (Å²) in [5.41, 5.74) is -0.783. The lowest BCUT2D eigenvalue weighted by Crippen LogP contribution is -2.12. The monoisotopic (exact) mass is 364 g/mol. The molecule has 0 amide bonds. The highest BCUT2D eigenvalue weighted by Gasteiger charge is 2.32. The fraction of sp³-hybridized carbons (Fsp3) is 0.214. The number of furan rings is 1. The molecule has 0 saturated heterocycles. The summed E-state index contributed by atoms with van der Waals surface area (Å²) in [4.78, 5) is 3.79. The van der Waals surface area contributed by atoms with E-state index in [1.165, 1.54) is 12.4 Å². The van der Waals surface area contributed by atoms with Gasteiger partial charge in [0.05, 0.1) is 12.7 Å². The summed E-state index contributed by atoms with van der Waals surface area (Å²) in [5, 5.41) is 10.2. The fourth-order valence-corrected chi connectivity index (χ4v) is 2.79. The predicted octanol–water partition coefficient (Wildman–Crippen LogP) is 4.34. The molecule has 0 aliphatic carbocycles. The molecule has 3 rings (SSSR count). The Morgan fingerprint density at radius 2 is 2.08 bits per heavy atom. The van der Waals surface area contributed by atoms with Crippen LogP contribution in [0.4, 0.5) is 21.4 Å². The molecule has 0 aliphatic heterocycles. The molecule has 2 heterocycles. The highest BCUT2D eigenvalue weighted by Crippen LogP contribution is 2.36. The zero-order chi connectivity index (χ0) is 17.5. The van der Waals surface area contributed by atoms with Crippen LogP contribution >= 0.6 is 12.3 Å². The van der Waals surface area contributed by atoms with Crippen molar-refractivity contribution in [2.45, 2.75) is 18.7 Å². The van der Waals surface area contributed by atoms with Gasteiger partial charge in [-0.1, -0.05) is 6.07 Å². The van der Waals surface area contributed by atoms with Crippen LogP contribution in [0, 0.1) is 5.82 Å². The van der Waals surface area contributed by atoms with E-state index in [9.17, 15) is 26.6 Å². The van der Waals surface area contributed by atoms with E-state index >= 15 is 0 Å². The number of imidazole rings is 1. The first-order chi connectivity index (χ1) is 11.3. The Morgan fingerprint density at radius 3 is 2.75 bits per heavy atom. The lowest BCUT2D eigenvalue weighted by atomic mass is 9.99. The van der Waals surface area contributed by atoms with Crippen LogP contribution in [0.15, 0.2) is 35.2 Å². The zero-order valence-corrected chi connectivity index (χ0v) is 12.5. The molecule has 1 unspecified atom stereocenters. The summed E-state index contributed by atoms with van der Waals surface area (Å²) in [6.07, 6.45) is -4.20. The molecule has 128 valence electrons. The minimum absolute atomic E-state index is 0.0547. The van der Waals surface area contributed by atoms with Gasteiger partial charge in [-0.05, 0) is 11.6 Å². The molecule has 0 spiro atoms. The highest BCUT2D eigenvalue weighted by atomic mass is 32.2. The van der Waals surface area contributed by atoms with E-state index in [0.717, 1.165) is 22.4 Å². The molecular formula is C14H9F5N2O2S. The molecule has 0 fully saturated rings. The molecule has 1 aromatic carbocycles. The number of fused-ring (bicyclic) bond motifs is 1. The van der Waals surface area contributed by atoms with Gasteiger partial charge in [-0.2, -0.15) is 13.2 Å². The van der Waals surface area contributed by atoms with Gasteiger partial charge < -0.3 is 9.52 Å². The van der Waals surface area contributed by atoms with Gasteiger partial charge in [0.1, 0.15) is 6.10 Å². The van der Waals surface area contributed by atoms with Gasteiger partial charge >= 0.3 is 6.18 Å². The number of halogens is 5. The molecule has 2 aromatic heterocycles. The third kappa shape index (κ3) is 2.98. The maximum atomic E-state index is 13.8. The van der Waals surface area contributed by atoms with Crippen LogP contribution in [0.5, 0.6) is 0 Å². The van der Waals surface area contributed by atoms with E-state index in [1.807, 2.05) is 0 Å². The predicted molar refractivity (Wildman–Crippen MR) is 76.3 cm³/mol. The number of aliphatic hydroxyl groups is 1. The standard InChI is InChI=1S/C14H9F5N2O2S/c15-9-2-1-8(11(22)13-20-3-4-21(13)24-19)10-7(5-14(16,17)18)6-23-12(9)10/h1-4,6,11,22H,5H2. The van der Waals surface area contributed by atoms with Gasteiger partial charge in [-0.25, -0.2) is 13.3 Å².